The van der Waals surface area contributed by atoms with E-state index in [2.05, 4.69) is 66.4 Å². The van der Waals surface area contributed by atoms with Gasteiger partial charge in [-0.25, -0.2) is 0 Å². The van der Waals surface area contributed by atoms with E-state index >= 15 is 0 Å². The molecule has 0 unspecified atom stereocenters. The van der Waals surface area contributed by atoms with Gasteiger partial charge in [-0.05, 0) is 34.7 Å². The number of rotatable bonds is 9. The van der Waals surface area contributed by atoms with Gasteiger partial charge in [-0.2, -0.15) is 0 Å². The Morgan fingerprint density at radius 2 is 1.89 bits per heavy atom. The molecular formula is C29H37N3O3. The highest BCUT2D eigenvalue weighted by molar-refractivity contribution is 6.00. The van der Waals surface area contributed by atoms with Gasteiger partial charge in [0.1, 0.15) is 18.1 Å². The zero-order valence-corrected chi connectivity index (χ0v) is 21.2. The van der Waals surface area contributed by atoms with Crippen LogP contribution in [0.4, 0.5) is 0 Å². The second kappa shape index (κ2) is 11.1. The molecule has 1 saturated heterocycles. The topological polar surface area (TPSA) is 55.7 Å². The lowest BCUT2D eigenvalue weighted by molar-refractivity contribution is 0.0383. The van der Waals surface area contributed by atoms with Gasteiger partial charge in [0.25, 0.3) is 5.91 Å². The molecule has 6 nitrogen and oxygen atoms in total. The van der Waals surface area contributed by atoms with E-state index in [1.54, 1.807) is 6.08 Å². The molecule has 6 heteroatoms. The molecule has 0 aliphatic carbocycles. The lowest BCUT2D eigenvalue weighted by Crippen LogP contribution is -2.41. The molecule has 35 heavy (non-hydrogen) atoms. The zero-order valence-electron chi connectivity index (χ0n) is 21.2. The molecule has 186 valence electrons. The molecule has 1 aliphatic heterocycles. The van der Waals surface area contributed by atoms with E-state index in [1.165, 1.54) is 5.56 Å². The van der Waals surface area contributed by atoms with E-state index in [1.807, 2.05) is 24.3 Å². The summed E-state index contributed by atoms with van der Waals surface area (Å²) in [5, 5.41) is 4.06. The molecule has 0 spiro atoms. The normalized spacial score (nSPS) is 14.7. The Labute approximate surface area is 208 Å². The molecule has 2 aromatic carbocycles. The van der Waals surface area contributed by atoms with Crippen molar-refractivity contribution in [3.8, 4) is 5.75 Å². The summed E-state index contributed by atoms with van der Waals surface area (Å²) in [5.74, 6) is 0.682. The van der Waals surface area contributed by atoms with Crippen LogP contribution in [0.25, 0.3) is 10.9 Å². The molecule has 1 aliphatic rings. The van der Waals surface area contributed by atoms with Gasteiger partial charge >= 0.3 is 0 Å². The number of carbonyl (C=O) groups excluding carboxylic acids is 1. The minimum atomic E-state index is -0.0737. The fourth-order valence-electron chi connectivity index (χ4n) is 4.43. The maximum absolute atomic E-state index is 13.3. The van der Waals surface area contributed by atoms with E-state index in [4.69, 9.17) is 9.47 Å². The monoisotopic (exact) mass is 475 g/mol. The van der Waals surface area contributed by atoms with Crippen molar-refractivity contribution >= 4 is 16.8 Å². The first-order valence-electron chi connectivity index (χ1n) is 12.4. The van der Waals surface area contributed by atoms with Crippen LogP contribution in [0.15, 0.2) is 61.2 Å². The Morgan fingerprint density at radius 3 is 2.57 bits per heavy atom. The largest absolute Gasteiger partial charge is 0.489 e. The van der Waals surface area contributed by atoms with Crippen LogP contribution in [0.5, 0.6) is 5.75 Å². The predicted molar refractivity (Wildman–Crippen MR) is 141 cm³/mol. The lowest BCUT2D eigenvalue weighted by atomic mass is 9.87. The van der Waals surface area contributed by atoms with E-state index in [0.29, 0.717) is 25.4 Å². The van der Waals surface area contributed by atoms with Gasteiger partial charge < -0.3 is 19.4 Å². The average Bonchev–Trinajstić information content (AvgIpc) is 3.22. The third kappa shape index (κ3) is 6.13. The van der Waals surface area contributed by atoms with Crippen molar-refractivity contribution in [2.75, 3.05) is 46.0 Å². The highest BCUT2D eigenvalue weighted by Gasteiger charge is 2.19. The van der Waals surface area contributed by atoms with Crippen molar-refractivity contribution < 1.29 is 14.3 Å². The minimum absolute atomic E-state index is 0.0737. The summed E-state index contributed by atoms with van der Waals surface area (Å²) in [7, 11) is 0. The molecule has 0 radical (unpaired) electrons. The lowest BCUT2D eigenvalue weighted by Gasteiger charge is -2.26. The van der Waals surface area contributed by atoms with E-state index in [0.717, 1.165) is 55.1 Å². The number of ether oxygens (including phenoxy) is 2. The van der Waals surface area contributed by atoms with Crippen molar-refractivity contribution in [1.29, 1.82) is 0 Å². The van der Waals surface area contributed by atoms with Crippen molar-refractivity contribution in [1.82, 2.24) is 14.8 Å². The van der Waals surface area contributed by atoms with E-state index in [-0.39, 0.29) is 11.3 Å². The van der Waals surface area contributed by atoms with Crippen molar-refractivity contribution in [3.05, 3.63) is 78.0 Å². The van der Waals surface area contributed by atoms with Gasteiger partial charge in [0.05, 0.1) is 18.7 Å². The first kappa shape index (κ1) is 25.0. The minimum Gasteiger partial charge on any atom is -0.489 e. The number of aromatic nitrogens is 1. The molecule has 0 bridgehead atoms. The average molecular weight is 476 g/mol. The Balaban J connectivity index is 1.60. The Hall–Kier alpha value is -3.09. The van der Waals surface area contributed by atoms with Gasteiger partial charge in [-0.1, -0.05) is 63.8 Å². The van der Waals surface area contributed by atoms with Crippen LogP contribution >= 0.6 is 0 Å². The number of hydrogen-bond donors (Lipinski definition) is 1. The Morgan fingerprint density at radius 1 is 1.14 bits per heavy atom. The maximum Gasteiger partial charge on any atom is 0.268 e. The fourth-order valence-corrected chi connectivity index (χ4v) is 4.43. The zero-order chi connectivity index (χ0) is 24.8. The third-order valence-electron chi connectivity index (χ3n) is 6.47. The van der Waals surface area contributed by atoms with Crippen LogP contribution in [-0.2, 0) is 16.7 Å². The van der Waals surface area contributed by atoms with Crippen LogP contribution in [0, 0.1) is 0 Å². The highest BCUT2D eigenvalue weighted by atomic mass is 16.5. The van der Waals surface area contributed by atoms with Crippen LogP contribution < -0.4 is 10.1 Å². The van der Waals surface area contributed by atoms with Crippen LogP contribution in [0.1, 0.15) is 42.4 Å². The molecule has 1 aromatic heterocycles. The molecule has 1 N–H and O–H groups in total. The van der Waals surface area contributed by atoms with E-state index < -0.39 is 0 Å². The summed E-state index contributed by atoms with van der Waals surface area (Å²) < 4.78 is 13.4. The number of benzene rings is 2. The summed E-state index contributed by atoms with van der Waals surface area (Å²) in [4.78, 5) is 15.7. The van der Waals surface area contributed by atoms with Crippen LogP contribution in [0.3, 0.4) is 0 Å². The number of fused-ring (bicyclic) bond motifs is 1. The number of nitrogens with one attached hydrogen (secondary N) is 1. The summed E-state index contributed by atoms with van der Waals surface area (Å²) in [6.45, 7) is 16.1. The standard InChI is InChI=1S/C29H37N3O3/c1-5-17-35-27-8-6-7-25-24(27)20-26(28(33)30-13-14-31-15-18-34-19-16-31)32(25)21-22-9-11-23(12-10-22)29(2,3)4/h5-12,20H,1,13-19,21H2,2-4H3,(H,30,33). The molecule has 0 atom stereocenters. The van der Waals surface area contributed by atoms with E-state index in [9.17, 15) is 4.79 Å². The number of nitrogens with zero attached hydrogens (tertiary/aromatic N) is 2. The van der Waals surface area contributed by atoms with Crippen LogP contribution in [-0.4, -0.2) is 61.4 Å². The van der Waals surface area contributed by atoms with Gasteiger partial charge in [0.2, 0.25) is 0 Å². The summed E-state index contributed by atoms with van der Waals surface area (Å²) in [6.07, 6.45) is 1.73. The van der Waals surface area contributed by atoms with Gasteiger partial charge in [0.15, 0.2) is 0 Å². The summed E-state index contributed by atoms with van der Waals surface area (Å²) >= 11 is 0. The SMILES string of the molecule is C=CCOc1cccc2c1cc(C(=O)NCCN1CCOCC1)n2Cc1ccc(C(C)(C)C)cc1. The quantitative estimate of drug-likeness (QED) is 0.459. The van der Waals surface area contributed by atoms with Crippen molar-refractivity contribution in [2.45, 2.75) is 32.7 Å². The Kier molecular flexibility index (Phi) is 7.93. The second-order valence-corrected chi connectivity index (χ2v) is 10.1. The molecule has 0 saturated carbocycles. The van der Waals surface area contributed by atoms with Crippen molar-refractivity contribution in [3.63, 3.8) is 0 Å². The first-order valence-corrected chi connectivity index (χ1v) is 12.4. The molecule has 4 rings (SSSR count). The van der Waals surface area contributed by atoms with Gasteiger partial charge in [-0.15, -0.1) is 0 Å². The number of morpholine rings is 1. The number of carbonyl (C=O) groups is 1. The molecular weight excluding hydrogens is 438 g/mol. The van der Waals surface area contributed by atoms with Gasteiger partial charge in [0, 0.05) is 38.1 Å². The number of amides is 1. The first-order chi connectivity index (χ1) is 16.9. The second-order valence-electron chi connectivity index (χ2n) is 10.1. The number of hydrogen-bond acceptors (Lipinski definition) is 4. The van der Waals surface area contributed by atoms with Gasteiger partial charge in [-0.3, -0.25) is 9.69 Å². The smallest absolute Gasteiger partial charge is 0.268 e. The molecule has 1 amide bonds. The fraction of sp³-hybridized carbons (Fsp3) is 0.414. The summed E-state index contributed by atoms with van der Waals surface area (Å²) in [6, 6.07) is 16.6. The van der Waals surface area contributed by atoms with Crippen LogP contribution in [0.2, 0.25) is 0 Å². The highest BCUT2D eigenvalue weighted by Crippen LogP contribution is 2.30. The maximum atomic E-state index is 13.3. The summed E-state index contributed by atoms with van der Waals surface area (Å²) in [5.41, 5.74) is 4.15. The van der Waals surface area contributed by atoms with Crippen molar-refractivity contribution in [2.24, 2.45) is 0 Å². The molecule has 2 heterocycles. The molecule has 3 aromatic rings. The Bertz CT molecular complexity index is 1150. The predicted octanol–water partition coefficient (Wildman–Crippen LogP) is 4.61. The third-order valence-corrected chi connectivity index (χ3v) is 6.47. The molecule has 1 fully saturated rings.